The molecular weight excluding hydrogens is 496 g/mol. The van der Waals surface area contributed by atoms with Crippen LogP contribution in [0.1, 0.15) is 18.9 Å². The van der Waals surface area contributed by atoms with Gasteiger partial charge in [-0.05, 0) is 70.9 Å². The van der Waals surface area contributed by atoms with Crippen molar-refractivity contribution < 1.29 is 19.0 Å². The first-order chi connectivity index (χ1) is 16.6. The minimum Gasteiger partial charge on any atom is -0.493 e. The van der Waals surface area contributed by atoms with Crippen molar-refractivity contribution in [2.45, 2.75) is 13.3 Å². The van der Waals surface area contributed by atoms with Gasteiger partial charge in [-0.1, -0.05) is 36.4 Å². The minimum absolute atomic E-state index is 0.169. The lowest BCUT2D eigenvalue weighted by Crippen LogP contribution is -2.21. The van der Waals surface area contributed by atoms with E-state index in [1.165, 1.54) is 5.01 Å². The Morgan fingerprint density at radius 1 is 0.971 bits per heavy atom. The van der Waals surface area contributed by atoms with Crippen molar-refractivity contribution in [3.63, 3.8) is 0 Å². The molecule has 4 rings (SSSR count). The van der Waals surface area contributed by atoms with Gasteiger partial charge in [0.05, 0.1) is 41.8 Å². The van der Waals surface area contributed by atoms with Crippen LogP contribution >= 0.6 is 15.9 Å². The number of hydrogen-bond donors (Lipinski definition) is 0. The standard InChI is InChI=1S/C27H25BrN2O4/c1-19-23(27(31)30(29-19)21-10-5-3-6-11-21)16-20-17-24(28)26(25(18-20)32-2)34-15-9-14-33-22-12-7-4-8-13-22/h3-8,10-13,16-18H,9,14-15H2,1-2H3/b23-16-. The van der Waals surface area contributed by atoms with Gasteiger partial charge in [-0.15, -0.1) is 0 Å². The van der Waals surface area contributed by atoms with Gasteiger partial charge in [0.15, 0.2) is 11.5 Å². The van der Waals surface area contributed by atoms with Crippen LogP contribution in [0.15, 0.2) is 87.9 Å². The second-order valence-electron chi connectivity index (χ2n) is 7.59. The SMILES string of the molecule is COc1cc(/C=C2\C(=O)N(c3ccccc3)N=C2C)cc(Br)c1OCCCOc1ccccc1. The molecule has 0 fully saturated rings. The summed E-state index contributed by atoms with van der Waals surface area (Å²) in [7, 11) is 1.59. The third kappa shape index (κ3) is 5.48. The Morgan fingerprint density at radius 2 is 1.65 bits per heavy atom. The van der Waals surface area contributed by atoms with Crippen LogP contribution in [0.25, 0.3) is 6.08 Å². The van der Waals surface area contributed by atoms with Gasteiger partial charge in [-0.25, -0.2) is 0 Å². The number of ether oxygens (including phenoxy) is 3. The monoisotopic (exact) mass is 520 g/mol. The Hall–Kier alpha value is -3.58. The molecule has 0 saturated heterocycles. The molecule has 0 radical (unpaired) electrons. The van der Waals surface area contributed by atoms with Crippen LogP contribution in [0.2, 0.25) is 0 Å². The number of anilines is 1. The van der Waals surface area contributed by atoms with E-state index in [1.807, 2.05) is 85.8 Å². The average molecular weight is 521 g/mol. The number of nitrogens with zero attached hydrogens (tertiary/aromatic N) is 2. The molecule has 0 atom stereocenters. The molecule has 7 heteroatoms. The van der Waals surface area contributed by atoms with Gasteiger partial charge < -0.3 is 14.2 Å². The highest BCUT2D eigenvalue weighted by atomic mass is 79.9. The van der Waals surface area contributed by atoms with Crippen molar-refractivity contribution in [3.05, 3.63) is 88.4 Å². The first kappa shape index (κ1) is 23.6. The van der Waals surface area contributed by atoms with Crippen LogP contribution in [0, 0.1) is 0 Å². The lowest BCUT2D eigenvalue weighted by Gasteiger charge is -2.14. The molecule has 0 unspecified atom stereocenters. The predicted molar refractivity (Wildman–Crippen MR) is 138 cm³/mol. The summed E-state index contributed by atoms with van der Waals surface area (Å²) in [5.41, 5.74) is 2.72. The van der Waals surface area contributed by atoms with E-state index in [2.05, 4.69) is 21.0 Å². The van der Waals surface area contributed by atoms with E-state index in [-0.39, 0.29) is 5.91 Å². The molecule has 34 heavy (non-hydrogen) atoms. The fourth-order valence-corrected chi connectivity index (χ4v) is 4.07. The molecule has 0 N–H and O–H groups in total. The van der Waals surface area contributed by atoms with Gasteiger partial charge in [0.1, 0.15) is 5.75 Å². The summed E-state index contributed by atoms with van der Waals surface area (Å²) in [5.74, 6) is 1.85. The van der Waals surface area contributed by atoms with Gasteiger partial charge >= 0.3 is 0 Å². The molecule has 3 aromatic rings. The molecule has 1 amide bonds. The molecule has 0 saturated carbocycles. The Balaban J connectivity index is 1.44. The first-order valence-corrected chi connectivity index (χ1v) is 11.7. The summed E-state index contributed by atoms with van der Waals surface area (Å²) in [6, 6.07) is 22.8. The summed E-state index contributed by atoms with van der Waals surface area (Å²) in [4.78, 5) is 13.0. The molecule has 0 aliphatic carbocycles. The molecule has 1 aliphatic heterocycles. The summed E-state index contributed by atoms with van der Waals surface area (Å²) in [6.07, 6.45) is 2.53. The second-order valence-corrected chi connectivity index (χ2v) is 8.45. The predicted octanol–water partition coefficient (Wildman–Crippen LogP) is 6.11. The topological polar surface area (TPSA) is 60.4 Å². The zero-order valence-corrected chi connectivity index (χ0v) is 20.6. The van der Waals surface area contributed by atoms with E-state index in [4.69, 9.17) is 14.2 Å². The fourth-order valence-electron chi connectivity index (χ4n) is 3.50. The minimum atomic E-state index is -0.169. The van der Waals surface area contributed by atoms with Crippen molar-refractivity contribution in [1.82, 2.24) is 0 Å². The van der Waals surface area contributed by atoms with Crippen molar-refractivity contribution >= 4 is 39.3 Å². The lowest BCUT2D eigenvalue weighted by atomic mass is 10.1. The van der Waals surface area contributed by atoms with Crippen LogP contribution in [-0.4, -0.2) is 31.9 Å². The Kier molecular flexibility index (Phi) is 7.65. The quantitative estimate of drug-likeness (QED) is 0.252. The zero-order valence-electron chi connectivity index (χ0n) is 19.0. The Morgan fingerprint density at radius 3 is 2.35 bits per heavy atom. The highest BCUT2D eigenvalue weighted by molar-refractivity contribution is 9.10. The summed E-state index contributed by atoms with van der Waals surface area (Å²) >= 11 is 3.58. The third-order valence-corrected chi connectivity index (χ3v) is 5.76. The highest BCUT2D eigenvalue weighted by Gasteiger charge is 2.28. The molecule has 174 valence electrons. The van der Waals surface area contributed by atoms with Crippen molar-refractivity contribution in [1.29, 1.82) is 0 Å². The van der Waals surface area contributed by atoms with E-state index in [9.17, 15) is 4.79 Å². The van der Waals surface area contributed by atoms with E-state index < -0.39 is 0 Å². The molecule has 0 spiro atoms. The number of rotatable bonds is 9. The van der Waals surface area contributed by atoms with E-state index in [1.54, 1.807) is 7.11 Å². The number of hydrogen-bond acceptors (Lipinski definition) is 5. The molecule has 1 aliphatic rings. The van der Waals surface area contributed by atoms with Crippen LogP contribution in [0.4, 0.5) is 5.69 Å². The number of para-hydroxylation sites is 2. The van der Waals surface area contributed by atoms with Gasteiger partial charge in [-0.3, -0.25) is 4.79 Å². The van der Waals surface area contributed by atoms with Crippen LogP contribution in [0.3, 0.4) is 0 Å². The molecule has 0 bridgehead atoms. The van der Waals surface area contributed by atoms with Crippen molar-refractivity contribution in [3.8, 4) is 17.2 Å². The Bertz CT molecular complexity index is 1210. The van der Waals surface area contributed by atoms with Crippen molar-refractivity contribution in [2.75, 3.05) is 25.3 Å². The molecular formula is C27H25BrN2O4. The maximum Gasteiger partial charge on any atom is 0.280 e. The molecule has 6 nitrogen and oxygen atoms in total. The number of benzene rings is 3. The molecule has 1 heterocycles. The first-order valence-electron chi connectivity index (χ1n) is 10.9. The number of hydrazone groups is 1. The van der Waals surface area contributed by atoms with Crippen LogP contribution in [-0.2, 0) is 4.79 Å². The van der Waals surface area contributed by atoms with Gasteiger partial charge in [0.25, 0.3) is 5.91 Å². The normalized spacial score (nSPS) is 14.3. The smallest absolute Gasteiger partial charge is 0.280 e. The fraction of sp³-hybridized carbons (Fsp3) is 0.185. The number of carbonyl (C=O) groups is 1. The number of halogens is 1. The number of carbonyl (C=O) groups excluding carboxylic acids is 1. The van der Waals surface area contributed by atoms with Crippen molar-refractivity contribution in [2.24, 2.45) is 5.10 Å². The zero-order chi connectivity index (χ0) is 23.9. The Labute approximate surface area is 207 Å². The van der Waals surface area contributed by atoms with Gasteiger partial charge in [-0.2, -0.15) is 10.1 Å². The van der Waals surface area contributed by atoms with Gasteiger partial charge in [0.2, 0.25) is 0 Å². The van der Waals surface area contributed by atoms with Crippen LogP contribution < -0.4 is 19.2 Å². The van der Waals surface area contributed by atoms with Crippen LogP contribution in [0.5, 0.6) is 17.2 Å². The molecule has 3 aromatic carbocycles. The summed E-state index contributed by atoms with van der Waals surface area (Å²) < 4.78 is 18.0. The second kappa shape index (κ2) is 11.0. The van der Waals surface area contributed by atoms with E-state index >= 15 is 0 Å². The van der Waals surface area contributed by atoms with Gasteiger partial charge in [0, 0.05) is 6.42 Å². The maximum absolute atomic E-state index is 13.0. The largest absolute Gasteiger partial charge is 0.493 e. The highest BCUT2D eigenvalue weighted by Crippen LogP contribution is 2.38. The molecule has 0 aromatic heterocycles. The lowest BCUT2D eigenvalue weighted by molar-refractivity contribution is -0.114. The maximum atomic E-state index is 13.0. The summed E-state index contributed by atoms with van der Waals surface area (Å²) in [5, 5.41) is 5.85. The number of methoxy groups -OCH3 is 1. The van der Waals surface area contributed by atoms with E-state index in [0.29, 0.717) is 36.0 Å². The van der Waals surface area contributed by atoms with E-state index in [0.717, 1.165) is 27.9 Å². The number of amides is 1. The average Bonchev–Trinajstić information content (AvgIpc) is 3.14. The summed E-state index contributed by atoms with van der Waals surface area (Å²) in [6.45, 7) is 2.85. The third-order valence-electron chi connectivity index (χ3n) is 5.17.